The predicted molar refractivity (Wildman–Crippen MR) is 143 cm³/mol. The second kappa shape index (κ2) is 15.0. The molecule has 0 spiro atoms. The minimum atomic E-state index is -0.514. The molecule has 10 heteroatoms. The summed E-state index contributed by atoms with van der Waals surface area (Å²) in [4.78, 5) is 24.9. The Balaban J connectivity index is 2.04. The molecule has 0 aliphatic heterocycles. The van der Waals surface area contributed by atoms with Gasteiger partial charge in [-0.1, -0.05) is 0 Å². The number of anilines is 2. The van der Waals surface area contributed by atoms with Crippen LogP contribution in [0.4, 0.5) is 11.4 Å². The first kappa shape index (κ1) is 27.3. The number of thioether (sulfide) groups is 2. The fourth-order valence-corrected chi connectivity index (χ4v) is 10.5. The van der Waals surface area contributed by atoms with E-state index < -0.39 is 12.1 Å². The quantitative estimate of drug-likeness (QED) is 0.254. The van der Waals surface area contributed by atoms with Crippen LogP contribution in [0.15, 0.2) is 48.5 Å². The summed E-state index contributed by atoms with van der Waals surface area (Å²) >= 11 is 3.59. The number of nitrogens with one attached hydrogen (secondary N) is 2. The van der Waals surface area contributed by atoms with Gasteiger partial charge in [0.1, 0.15) is 0 Å². The third-order valence-electron chi connectivity index (χ3n) is 4.45. The molecule has 0 aromatic heterocycles. The average molecular weight is 605 g/mol. The second-order valence-electron chi connectivity index (χ2n) is 6.91. The molecule has 0 heterocycles. The van der Waals surface area contributed by atoms with Crippen molar-refractivity contribution in [2.24, 2.45) is 11.5 Å². The molecule has 0 aliphatic rings. The fraction of sp³-hybridized carbons (Fsp3) is 0.364. The van der Waals surface area contributed by atoms with Crippen LogP contribution in [-0.4, -0.2) is 74.2 Å². The van der Waals surface area contributed by atoms with Gasteiger partial charge in [0.05, 0.1) is 0 Å². The number of hydrogen-bond acceptors (Lipinski definition) is 6. The van der Waals surface area contributed by atoms with E-state index in [4.69, 9.17) is 11.5 Å². The van der Waals surface area contributed by atoms with Crippen LogP contribution in [0.5, 0.6) is 0 Å². The Kier molecular flexibility index (Phi) is 12.8. The molecule has 2 rings (SSSR count). The Hall–Kier alpha value is -0.961. The van der Waals surface area contributed by atoms with Crippen LogP contribution in [0, 0.1) is 0 Å². The van der Waals surface area contributed by atoms with Gasteiger partial charge in [-0.15, -0.1) is 0 Å². The summed E-state index contributed by atoms with van der Waals surface area (Å²) in [7, 11) is 0. The number of rotatable bonds is 13. The van der Waals surface area contributed by atoms with Gasteiger partial charge in [-0.05, 0) is 0 Å². The molecule has 6 nitrogen and oxygen atoms in total. The number of hydrogen-bond donors (Lipinski definition) is 4. The fourth-order valence-electron chi connectivity index (χ4n) is 2.58. The van der Waals surface area contributed by atoms with E-state index in [9.17, 15) is 9.59 Å². The van der Waals surface area contributed by atoms with Crippen molar-refractivity contribution in [3.8, 4) is 0 Å². The normalized spacial score (nSPS) is 12.8. The zero-order chi connectivity index (χ0) is 23.3. The van der Waals surface area contributed by atoms with Gasteiger partial charge >= 0.3 is 211 Å². The van der Waals surface area contributed by atoms with E-state index in [-0.39, 0.29) is 38.1 Å². The molecule has 0 bridgehead atoms. The molecular formula is C22H30N4O2S2Se2. The van der Waals surface area contributed by atoms with E-state index in [2.05, 4.69) is 10.6 Å². The van der Waals surface area contributed by atoms with Gasteiger partial charge in [0.2, 0.25) is 0 Å². The molecule has 2 aromatic rings. The third kappa shape index (κ3) is 9.12. The number of carbonyl (C=O) groups is 2. The minimum absolute atomic E-state index is 0.113. The Bertz CT molecular complexity index is 817. The first-order valence-corrected chi connectivity index (χ1v) is 18.9. The molecule has 2 atom stereocenters. The molecule has 2 aromatic carbocycles. The predicted octanol–water partition coefficient (Wildman–Crippen LogP) is 0.999. The average Bonchev–Trinajstić information content (AvgIpc) is 2.81. The first-order valence-electron chi connectivity index (χ1n) is 10.1. The molecule has 0 fully saturated rings. The molecule has 0 radical (unpaired) electrons. The standard InChI is InChI=1S/C22H30N4O2S2Se2/c1-29-13-11-15(23)21(27)25-17-7-3-5-9-19(17)31-32-20-10-6-4-8-18(20)26-22(28)16(24)12-14-30-2/h3-10,15-16H,11-14,23-24H2,1-2H3,(H,25,27)(H,26,28)/t15-,16-/m0/s1. The van der Waals surface area contributed by atoms with Crippen LogP contribution < -0.4 is 31.0 Å². The van der Waals surface area contributed by atoms with Crippen molar-refractivity contribution in [2.45, 2.75) is 24.9 Å². The molecule has 0 saturated carbocycles. The maximum absolute atomic E-state index is 12.5. The maximum atomic E-state index is 12.5. The molecule has 174 valence electrons. The Morgan fingerprint density at radius 1 is 0.781 bits per heavy atom. The summed E-state index contributed by atoms with van der Waals surface area (Å²) < 4.78 is 2.23. The van der Waals surface area contributed by atoms with Crippen LogP contribution >= 0.6 is 23.5 Å². The Morgan fingerprint density at radius 3 is 1.53 bits per heavy atom. The number of nitrogens with two attached hydrogens (primary N) is 2. The van der Waals surface area contributed by atoms with Crippen LogP contribution in [0.2, 0.25) is 0 Å². The summed E-state index contributed by atoms with van der Waals surface area (Å²) in [6, 6.07) is 14.7. The van der Waals surface area contributed by atoms with Crippen LogP contribution in [0.25, 0.3) is 0 Å². The SMILES string of the molecule is CSCC[C@H](N)C(=O)Nc1ccccc1[Se][Se]c1ccccc1NC(=O)[C@@H](N)CCSC. The zero-order valence-corrected chi connectivity index (χ0v) is 23.3. The van der Waals surface area contributed by atoms with Crippen molar-refractivity contribution in [2.75, 3.05) is 34.7 Å². The molecule has 0 unspecified atom stereocenters. The van der Waals surface area contributed by atoms with Crippen LogP contribution in [0.1, 0.15) is 12.8 Å². The van der Waals surface area contributed by atoms with E-state index in [0.29, 0.717) is 12.8 Å². The van der Waals surface area contributed by atoms with Gasteiger partial charge < -0.3 is 0 Å². The van der Waals surface area contributed by atoms with Crippen molar-refractivity contribution in [1.29, 1.82) is 0 Å². The monoisotopic (exact) mass is 606 g/mol. The topological polar surface area (TPSA) is 110 Å². The van der Waals surface area contributed by atoms with Gasteiger partial charge in [-0.3, -0.25) is 0 Å². The van der Waals surface area contributed by atoms with Crippen molar-refractivity contribution >= 4 is 81.9 Å². The first-order chi connectivity index (χ1) is 15.5. The van der Waals surface area contributed by atoms with E-state index in [1.165, 1.54) is 0 Å². The van der Waals surface area contributed by atoms with Gasteiger partial charge in [0, 0.05) is 0 Å². The van der Waals surface area contributed by atoms with Crippen LogP contribution in [0.3, 0.4) is 0 Å². The third-order valence-corrected chi connectivity index (χ3v) is 13.0. The molecule has 2 amide bonds. The van der Waals surface area contributed by atoms with Gasteiger partial charge in [-0.25, -0.2) is 0 Å². The van der Waals surface area contributed by atoms with Crippen molar-refractivity contribution in [3.63, 3.8) is 0 Å². The summed E-state index contributed by atoms with van der Waals surface area (Å²) in [6.07, 6.45) is 5.30. The molecule has 0 saturated heterocycles. The molecule has 6 N–H and O–H groups in total. The molecule has 32 heavy (non-hydrogen) atoms. The summed E-state index contributed by atoms with van der Waals surface area (Å²) in [5, 5.41) is 6.00. The summed E-state index contributed by atoms with van der Waals surface area (Å²) in [5.74, 6) is 1.41. The van der Waals surface area contributed by atoms with Gasteiger partial charge in [0.15, 0.2) is 0 Å². The summed E-state index contributed by atoms with van der Waals surface area (Å²) in [6.45, 7) is 0. The second-order valence-corrected chi connectivity index (χ2v) is 15.1. The molecule has 0 aliphatic carbocycles. The van der Waals surface area contributed by atoms with E-state index >= 15 is 0 Å². The van der Waals surface area contributed by atoms with Crippen molar-refractivity contribution in [3.05, 3.63) is 48.5 Å². The van der Waals surface area contributed by atoms with E-state index in [1.54, 1.807) is 23.5 Å². The zero-order valence-electron chi connectivity index (χ0n) is 18.2. The Morgan fingerprint density at radius 2 is 1.16 bits per heavy atom. The van der Waals surface area contributed by atoms with E-state index in [1.807, 2.05) is 61.0 Å². The van der Waals surface area contributed by atoms with E-state index in [0.717, 1.165) is 31.8 Å². The number of para-hydroxylation sites is 2. The van der Waals surface area contributed by atoms with Crippen LogP contribution in [-0.2, 0) is 9.59 Å². The van der Waals surface area contributed by atoms with Crippen molar-refractivity contribution in [1.82, 2.24) is 0 Å². The van der Waals surface area contributed by atoms with Crippen molar-refractivity contribution < 1.29 is 9.59 Å². The number of amides is 2. The number of benzene rings is 2. The summed E-state index contributed by atoms with van der Waals surface area (Å²) in [5.41, 5.74) is 13.7. The Labute approximate surface area is 210 Å². The number of carbonyl (C=O) groups excluding carboxylic acids is 2. The van der Waals surface area contributed by atoms with Gasteiger partial charge in [-0.2, -0.15) is 0 Å². The molecular weight excluding hydrogens is 574 g/mol. The van der Waals surface area contributed by atoms with Gasteiger partial charge in [0.25, 0.3) is 0 Å².